The van der Waals surface area contributed by atoms with Crippen LogP contribution in [0, 0.1) is 18.3 Å². The Balaban J connectivity index is 2.31. The third-order valence-electron chi connectivity index (χ3n) is 2.50. The molecular weight excluding hydrogens is 148 g/mol. The topological polar surface area (TPSA) is 38.0 Å². The van der Waals surface area contributed by atoms with Crippen LogP contribution in [0.2, 0.25) is 0 Å². The van der Waals surface area contributed by atoms with Crippen LogP contribution in [0.3, 0.4) is 0 Å². The monoisotopic (exact) mass is 166 g/mol. The lowest BCUT2D eigenvalue weighted by molar-refractivity contribution is 0.338. The Bertz CT molecular complexity index is 179. The summed E-state index contributed by atoms with van der Waals surface area (Å²) < 4.78 is 0. The molecule has 0 aromatic rings. The molecule has 12 heavy (non-hydrogen) atoms. The zero-order valence-electron chi connectivity index (χ0n) is 7.77. The SMILES string of the molecule is C#CCNC(C)(CN)CC1CC1. The molecule has 1 saturated carbocycles. The second-order valence-corrected chi connectivity index (χ2v) is 3.97. The van der Waals surface area contributed by atoms with Gasteiger partial charge in [0.25, 0.3) is 0 Å². The second kappa shape index (κ2) is 3.93. The molecule has 1 unspecified atom stereocenters. The molecule has 1 aliphatic carbocycles. The lowest BCUT2D eigenvalue weighted by Gasteiger charge is -2.28. The highest BCUT2D eigenvalue weighted by Gasteiger charge is 2.31. The van der Waals surface area contributed by atoms with Crippen LogP contribution >= 0.6 is 0 Å². The summed E-state index contributed by atoms with van der Waals surface area (Å²) in [5, 5.41) is 3.31. The number of nitrogens with one attached hydrogen (secondary N) is 1. The maximum Gasteiger partial charge on any atom is 0.0578 e. The molecule has 0 saturated heterocycles. The van der Waals surface area contributed by atoms with Gasteiger partial charge in [-0.05, 0) is 19.3 Å². The zero-order chi connectivity index (χ0) is 9.03. The summed E-state index contributed by atoms with van der Waals surface area (Å²) in [4.78, 5) is 0. The van der Waals surface area contributed by atoms with Gasteiger partial charge in [0.1, 0.15) is 0 Å². The number of nitrogens with two attached hydrogens (primary N) is 1. The van der Waals surface area contributed by atoms with Crippen LogP contribution in [-0.2, 0) is 0 Å². The van der Waals surface area contributed by atoms with Crippen molar-refractivity contribution in [2.24, 2.45) is 11.7 Å². The maximum absolute atomic E-state index is 5.69. The van der Waals surface area contributed by atoms with E-state index in [2.05, 4.69) is 18.2 Å². The predicted molar refractivity (Wildman–Crippen MR) is 51.6 cm³/mol. The van der Waals surface area contributed by atoms with Crippen molar-refractivity contribution in [3.05, 3.63) is 0 Å². The van der Waals surface area contributed by atoms with Crippen molar-refractivity contribution < 1.29 is 0 Å². The fourth-order valence-electron chi connectivity index (χ4n) is 1.45. The molecule has 0 radical (unpaired) electrons. The van der Waals surface area contributed by atoms with Crippen molar-refractivity contribution in [2.75, 3.05) is 13.1 Å². The summed E-state index contributed by atoms with van der Waals surface area (Å²) in [5.74, 6) is 3.48. The molecule has 1 rings (SSSR count). The lowest BCUT2D eigenvalue weighted by atomic mass is 9.95. The quantitative estimate of drug-likeness (QED) is 0.591. The van der Waals surface area contributed by atoms with Crippen molar-refractivity contribution in [2.45, 2.75) is 31.7 Å². The van der Waals surface area contributed by atoms with Gasteiger partial charge in [0, 0.05) is 12.1 Å². The average Bonchev–Trinajstić information content (AvgIpc) is 2.85. The summed E-state index contributed by atoms with van der Waals surface area (Å²) in [7, 11) is 0. The van der Waals surface area contributed by atoms with Crippen LogP contribution in [0.5, 0.6) is 0 Å². The molecule has 0 heterocycles. The summed E-state index contributed by atoms with van der Waals surface area (Å²) >= 11 is 0. The first-order valence-corrected chi connectivity index (χ1v) is 4.59. The van der Waals surface area contributed by atoms with Gasteiger partial charge in [-0.1, -0.05) is 18.8 Å². The van der Waals surface area contributed by atoms with Gasteiger partial charge in [0.05, 0.1) is 6.54 Å². The molecule has 68 valence electrons. The van der Waals surface area contributed by atoms with Crippen LogP contribution in [0.4, 0.5) is 0 Å². The molecule has 3 N–H and O–H groups in total. The van der Waals surface area contributed by atoms with Gasteiger partial charge in [0.15, 0.2) is 0 Å². The minimum atomic E-state index is 0.0630. The molecule has 0 aromatic heterocycles. The summed E-state index contributed by atoms with van der Waals surface area (Å²) in [6.07, 6.45) is 9.09. The Kier molecular flexibility index (Phi) is 3.13. The smallest absolute Gasteiger partial charge is 0.0578 e. The molecule has 0 aromatic carbocycles. The minimum absolute atomic E-state index is 0.0630. The van der Waals surface area contributed by atoms with Gasteiger partial charge >= 0.3 is 0 Å². The Morgan fingerprint density at radius 1 is 1.67 bits per heavy atom. The van der Waals surface area contributed by atoms with Crippen molar-refractivity contribution >= 4 is 0 Å². The largest absolute Gasteiger partial charge is 0.329 e. The van der Waals surface area contributed by atoms with Gasteiger partial charge < -0.3 is 5.73 Å². The molecule has 0 spiro atoms. The first-order valence-electron chi connectivity index (χ1n) is 4.59. The molecule has 1 aliphatic rings. The van der Waals surface area contributed by atoms with E-state index in [1.807, 2.05) is 0 Å². The molecule has 2 heteroatoms. The van der Waals surface area contributed by atoms with E-state index in [1.54, 1.807) is 0 Å². The van der Waals surface area contributed by atoms with Crippen LogP contribution in [-0.4, -0.2) is 18.6 Å². The fraction of sp³-hybridized carbons (Fsp3) is 0.800. The maximum atomic E-state index is 5.69. The van der Waals surface area contributed by atoms with Gasteiger partial charge in [-0.3, -0.25) is 5.32 Å². The first-order chi connectivity index (χ1) is 5.70. The van der Waals surface area contributed by atoms with Gasteiger partial charge in [-0.15, -0.1) is 6.42 Å². The van der Waals surface area contributed by atoms with E-state index >= 15 is 0 Å². The van der Waals surface area contributed by atoms with E-state index in [0.29, 0.717) is 13.1 Å². The van der Waals surface area contributed by atoms with E-state index in [9.17, 15) is 0 Å². The third-order valence-corrected chi connectivity index (χ3v) is 2.50. The Labute approximate surface area is 74.9 Å². The zero-order valence-corrected chi connectivity index (χ0v) is 7.77. The molecule has 0 aliphatic heterocycles. The standard InChI is InChI=1S/C10H18N2/c1-3-6-12-10(2,8-11)7-9-4-5-9/h1,9,12H,4-8,11H2,2H3. The molecule has 1 atom stereocenters. The minimum Gasteiger partial charge on any atom is -0.329 e. The van der Waals surface area contributed by atoms with Crippen molar-refractivity contribution in [1.82, 2.24) is 5.32 Å². The van der Waals surface area contributed by atoms with Gasteiger partial charge in [-0.25, -0.2) is 0 Å². The van der Waals surface area contributed by atoms with E-state index in [4.69, 9.17) is 12.2 Å². The third kappa shape index (κ3) is 2.84. The summed E-state index contributed by atoms with van der Waals surface area (Å²) in [5.41, 5.74) is 5.76. The average molecular weight is 166 g/mol. The molecule has 0 bridgehead atoms. The lowest BCUT2D eigenvalue weighted by Crippen LogP contribution is -2.49. The van der Waals surface area contributed by atoms with Gasteiger partial charge in [0.2, 0.25) is 0 Å². The summed E-state index contributed by atoms with van der Waals surface area (Å²) in [6, 6.07) is 0. The van der Waals surface area contributed by atoms with Crippen molar-refractivity contribution in [3.8, 4) is 12.3 Å². The van der Waals surface area contributed by atoms with Crippen LogP contribution in [0.15, 0.2) is 0 Å². The molecule has 1 fully saturated rings. The van der Waals surface area contributed by atoms with Crippen LogP contribution < -0.4 is 11.1 Å². The first kappa shape index (κ1) is 9.57. The van der Waals surface area contributed by atoms with Gasteiger partial charge in [-0.2, -0.15) is 0 Å². The molecule has 0 amide bonds. The highest BCUT2D eigenvalue weighted by molar-refractivity contribution is 4.96. The Morgan fingerprint density at radius 3 is 2.75 bits per heavy atom. The molecular formula is C10H18N2. The van der Waals surface area contributed by atoms with Crippen LogP contribution in [0.1, 0.15) is 26.2 Å². The van der Waals surface area contributed by atoms with Crippen molar-refractivity contribution in [3.63, 3.8) is 0 Å². The van der Waals surface area contributed by atoms with Crippen LogP contribution in [0.25, 0.3) is 0 Å². The fourth-order valence-corrected chi connectivity index (χ4v) is 1.45. The van der Waals surface area contributed by atoms with E-state index < -0.39 is 0 Å². The number of rotatable bonds is 5. The van der Waals surface area contributed by atoms with Crippen molar-refractivity contribution in [1.29, 1.82) is 0 Å². The molecule has 2 nitrogen and oxygen atoms in total. The number of terminal acetylenes is 1. The number of hydrogen-bond acceptors (Lipinski definition) is 2. The second-order valence-electron chi connectivity index (χ2n) is 3.97. The highest BCUT2D eigenvalue weighted by atomic mass is 15.0. The Morgan fingerprint density at radius 2 is 2.33 bits per heavy atom. The Hall–Kier alpha value is -0.520. The predicted octanol–water partition coefficient (Wildman–Crippen LogP) is 0.727. The normalized spacial score (nSPS) is 21.4. The van der Waals surface area contributed by atoms with E-state index in [0.717, 1.165) is 5.92 Å². The van der Waals surface area contributed by atoms with E-state index in [-0.39, 0.29) is 5.54 Å². The summed E-state index contributed by atoms with van der Waals surface area (Å²) in [6.45, 7) is 3.45. The highest BCUT2D eigenvalue weighted by Crippen LogP contribution is 2.36. The number of hydrogen-bond donors (Lipinski definition) is 2. The van der Waals surface area contributed by atoms with E-state index in [1.165, 1.54) is 19.3 Å².